The van der Waals surface area contributed by atoms with Crippen molar-refractivity contribution in [2.24, 2.45) is 0 Å². The Morgan fingerprint density at radius 2 is 2.00 bits per heavy atom. The average Bonchev–Trinajstić information content (AvgIpc) is 2.97. The summed E-state index contributed by atoms with van der Waals surface area (Å²) in [5.74, 6) is 1.01. The molecule has 1 heterocycles. The summed E-state index contributed by atoms with van der Waals surface area (Å²) in [6, 6.07) is 15.2. The van der Waals surface area contributed by atoms with E-state index in [1.165, 1.54) is 0 Å². The van der Waals surface area contributed by atoms with E-state index in [1.807, 2.05) is 53.4 Å². The molecule has 0 saturated carbocycles. The van der Waals surface area contributed by atoms with Gasteiger partial charge in [-0.2, -0.15) is 0 Å². The molecule has 0 N–H and O–H groups in total. The number of amides is 1. The van der Waals surface area contributed by atoms with Gasteiger partial charge < -0.3 is 4.90 Å². The molecule has 0 aliphatic carbocycles. The number of hydrogen-bond acceptors (Lipinski definition) is 2. The Bertz CT molecular complexity index is 662. The zero-order valence-electron chi connectivity index (χ0n) is 11.1. The molecule has 1 unspecified atom stereocenters. The first kappa shape index (κ1) is 14.9. The Labute approximate surface area is 141 Å². The summed E-state index contributed by atoms with van der Waals surface area (Å²) >= 11 is 11.2. The lowest BCUT2D eigenvalue weighted by molar-refractivity contribution is 0.0760. The molecule has 2 nitrogen and oxygen atoms in total. The molecule has 5 heteroatoms. The molecule has 1 amide bonds. The van der Waals surface area contributed by atoms with Crippen LogP contribution in [0.3, 0.4) is 0 Å². The van der Waals surface area contributed by atoms with Gasteiger partial charge in [-0.25, -0.2) is 0 Å². The number of carbonyl (C=O) groups is 1. The Balaban J connectivity index is 1.87. The van der Waals surface area contributed by atoms with E-state index in [0.29, 0.717) is 10.6 Å². The zero-order chi connectivity index (χ0) is 14.8. The van der Waals surface area contributed by atoms with Gasteiger partial charge in [0, 0.05) is 27.4 Å². The van der Waals surface area contributed by atoms with Gasteiger partial charge in [0.05, 0.1) is 0 Å². The van der Waals surface area contributed by atoms with Crippen LogP contribution in [-0.4, -0.2) is 23.1 Å². The normalized spacial score (nSPS) is 18.0. The minimum atomic E-state index is 0.0415. The summed E-state index contributed by atoms with van der Waals surface area (Å²) in [5.41, 5.74) is 1.79. The maximum absolute atomic E-state index is 12.7. The van der Waals surface area contributed by atoms with Crippen LogP contribution >= 0.6 is 39.3 Å². The van der Waals surface area contributed by atoms with Crippen LogP contribution < -0.4 is 0 Å². The quantitative estimate of drug-likeness (QED) is 0.729. The summed E-state index contributed by atoms with van der Waals surface area (Å²) in [6.07, 6.45) is 0. The standard InChI is InChI=1S/C16H13BrClNOS/c17-13-6-4-11(5-7-13)15(20)19-8-9-21-16(19)12-2-1-3-14(18)10-12/h1-7,10,16H,8-9H2. The predicted octanol–water partition coefficient (Wildman–Crippen LogP) is 4.99. The second kappa shape index (κ2) is 6.42. The fourth-order valence-electron chi connectivity index (χ4n) is 2.37. The van der Waals surface area contributed by atoms with Crippen LogP contribution in [0, 0.1) is 0 Å². The molecule has 2 aromatic carbocycles. The van der Waals surface area contributed by atoms with Crippen LogP contribution in [0.1, 0.15) is 21.3 Å². The first-order valence-corrected chi connectivity index (χ1v) is 8.81. The number of halogens is 2. The van der Waals surface area contributed by atoms with Crippen LogP contribution in [0.4, 0.5) is 0 Å². The van der Waals surface area contributed by atoms with E-state index >= 15 is 0 Å². The van der Waals surface area contributed by atoms with Gasteiger partial charge in [0.25, 0.3) is 5.91 Å². The van der Waals surface area contributed by atoms with E-state index in [4.69, 9.17) is 11.6 Å². The van der Waals surface area contributed by atoms with Crippen molar-refractivity contribution in [2.45, 2.75) is 5.37 Å². The van der Waals surface area contributed by atoms with Gasteiger partial charge in [-0.05, 0) is 42.0 Å². The number of thioether (sulfide) groups is 1. The molecular formula is C16H13BrClNOS. The molecule has 1 saturated heterocycles. The Kier molecular flexibility index (Phi) is 4.57. The van der Waals surface area contributed by atoms with Gasteiger partial charge in [-0.15, -0.1) is 11.8 Å². The molecule has 0 aromatic heterocycles. The van der Waals surface area contributed by atoms with Crippen molar-refractivity contribution in [1.29, 1.82) is 0 Å². The number of hydrogen-bond donors (Lipinski definition) is 0. The summed E-state index contributed by atoms with van der Waals surface area (Å²) < 4.78 is 0.973. The molecular weight excluding hydrogens is 370 g/mol. The maximum Gasteiger partial charge on any atom is 0.255 e. The third-order valence-electron chi connectivity index (χ3n) is 3.38. The monoisotopic (exact) mass is 381 g/mol. The summed E-state index contributed by atoms with van der Waals surface area (Å²) in [5, 5.41) is 0.746. The average molecular weight is 383 g/mol. The molecule has 2 aromatic rings. The molecule has 108 valence electrons. The smallest absolute Gasteiger partial charge is 0.255 e. The van der Waals surface area contributed by atoms with Gasteiger partial charge in [-0.3, -0.25) is 4.79 Å². The van der Waals surface area contributed by atoms with Crippen LogP contribution in [0.5, 0.6) is 0 Å². The number of benzene rings is 2. The zero-order valence-corrected chi connectivity index (χ0v) is 14.3. The van der Waals surface area contributed by atoms with E-state index < -0.39 is 0 Å². The minimum absolute atomic E-state index is 0.0415. The van der Waals surface area contributed by atoms with Crippen molar-refractivity contribution in [2.75, 3.05) is 12.3 Å². The van der Waals surface area contributed by atoms with Crippen molar-refractivity contribution < 1.29 is 4.79 Å². The fourth-order valence-corrected chi connectivity index (χ4v) is 4.08. The molecule has 3 rings (SSSR count). The van der Waals surface area contributed by atoms with Crippen molar-refractivity contribution >= 4 is 45.2 Å². The molecule has 1 fully saturated rings. The Morgan fingerprint density at radius 3 is 2.71 bits per heavy atom. The van der Waals surface area contributed by atoms with Crippen molar-refractivity contribution in [3.05, 3.63) is 69.2 Å². The highest BCUT2D eigenvalue weighted by molar-refractivity contribution is 9.10. The highest BCUT2D eigenvalue weighted by Gasteiger charge is 2.31. The topological polar surface area (TPSA) is 20.3 Å². The second-order valence-electron chi connectivity index (χ2n) is 4.78. The van der Waals surface area contributed by atoms with Gasteiger partial charge in [0.15, 0.2) is 0 Å². The highest BCUT2D eigenvalue weighted by Crippen LogP contribution is 2.39. The van der Waals surface area contributed by atoms with Crippen molar-refractivity contribution in [1.82, 2.24) is 4.90 Å². The van der Waals surface area contributed by atoms with Crippen LogP contribution in [-0.2, 0) is 0 Å². The Morgan fingerprint density at radius 1 is 1.24 bits per heavy atom. The fraction of sp³-hybridized carbons (Fsp3) is 0.188. The molecule has 21 heavy (non-hydrogen) atoms. The van der Waals surface area contributed by atoms with Gasteiger partial charge in [0.2, 0.25) is 0 Å². The minimum Gasteiger partial charge on any atom is -0.322 e. The highest BCUT2D eigenvalue weighted by atomic mass is 79.9. The first-order chi connectivity index (χ1) is 10.1. The van der Waals surface area contributed by atoms with E-state index in [2.05, 4.69) is 15.9 Å². The summed E-state index contributed by atoms with van der Waals surface area (Å²) in [6.45, 7) is 0.761. The maximum atomic E-state index is 12.7. The van der Waals surface area contributed by atoms with Gasteiger partial charge in [-0.1, -0.05) is 39.7 Å². The molecule has 0 spiro atoms. The van der Waals surface area contributed by atoms with E-state index in [9.17, 15) is 4.79 Å². The van der Waals surface area contributed by atoms with Crippen LogP contribution in [0.25, 0.3) is 0 Å². The lowest BCUT2D eigenvalue weighted by atomic mass is 10.1. The molecule has 1 aliphatic heterocycles. The molecule has 1 atom stereocenters. The van der Waals surface area contributed by atoms with Gasteiger partial charge in [0.1, 0.15) is 5.37 Å². The van der Waals surface area contributed by atoms with E-state index in [0.717, 1.165) is 22.3 Å². The molecule has 0 bridgehead atoms. The SMILES string of the molecule is O=C(c1ccc(Br)cc1)N1CCSC1c1cccc(Cl)c1. The lowest BCUT2D eigenvalue weighted by Crippen LogP contribution is -2.30. The van der Waals surface area contributed by atoms with Crippen LogP contribution in [0.2, 0.25) is 5.02 Å². The van der Waals surface area contributed by atoms with Crippen molar-refractivity contribution in [3.63, 3.8) is 0 Å². The van der Waals surface area contributed by atoms with Crippen molar-refractivity contribution in [3.8, 4) is 0 Å². The van der Waals surface area contributed by atoms with E-state index in [-0.39, 0.29) is 11.3 Å². The second-order valence-corrected chi connectivity index (χ2v) is 7.32. The first-order valence-electron chi connectivity index (χ1n) is 6.59. The number of carbonyl (C=O) groups excluding carboxylic acids is 1. The van der Waals surface area contributed by atoms with Gasteiger partial charge >= 0.3 is 0 Å². The Hall–Kier alpha value is -0.970. The molecule has 0 radical (unpaired) electrons. The lowest BCUT2D eigenvalue weighted by Gasteiger charge is -2.24. The third kappa shape index (κ3) is 3.28. The number of rotatable bonds is 2. The predicted molar refractivity (Wildman–Crippen MR) is 91.8 cm³/mol. The molecule has 1 aliphatic rings. The van der Waals surface area contributed by atoms with Crippen LogP contribution in [0.15, 0.2) is 53.0 Å². The largest absolute Gasteiger partial charge is 0.322 e. The summed E-state index contributed by atoms with van der Waals surface area (Å²) in [7, 11) is 0. The third-order valence-corrected chi connectivity index (χ3v) is 5.40. The summed E-state index contributed by atoms with van der Waals surface area (Å²) in [4.78, 5) is 14.6. The number of nitrogens with zero attached hydrogens (tertiary/aromatic N) is 1. The van der Waals surface area contributed by atoms with E-state index in [1.54, 1.807) is 11.8 Å².